The van der Waals surface area contributed by atoms with Crippen molar-refractivity contribution < 1.29 is 0 Å². The van der Waals surface area contributed by atoms with Crippen LogP contribution in [0.5, 0.6) is 0 Å². The maximum atomic E-state index is 5.73. The van der Waals surface area contributed by atoms with Gasteiger partial charge in [-0.25, -0.2) is 4.98 Å². The molecular formula is C51H40N2. The van der Waals surface area contributed by atoms with Gasteiger partial charge in [-0.3, -0.25) is 4.57 Å². The van der Waals surface area contributed by atoms with Crippen LogP contribution in [0.3, 0.4) is 0 Å². The Labute approximate surface area is 310 Å². The van der Waals surface area contributed by atoms with Gasteiger partial charge in [0.1, 0.15) is 5.82 Å². The molecule has 0 aliphatic carbocycles. The fourth-order valence-electron chi connectivity index (χ4n) is 8.78. The van der Waals surface area contributed by atoms with Gasteiger partial charge in [-0.1, -0.05) is 167 Å². The van der Waals surface area contributed by atoms with Gasteiger partial charge in [0.05, 0.1) is 16.7 Å². The first-order valence-corrected chi connectivity index (χ1v) is 18.9. The van der Waals surface area contributed by atoms with Crippen LogP contribution in [-0.4, -0.2) is 9.55 Å². The first-order chi connectivity index (χ1) is 26.0. The van der Waals surface area contributed by atoms with Crippen LogP contribution in [-0.2, 0) is 0 Å². The van der Waals surface area contributed by atoms with Gasteiger partial charge in [-0.15, -0.1) is 0 Å². The summed E-state index contributed by atoms with van der Waals surface area (Å²) >= 11 is 0. The van der Waals surface area contributed by atoms with E-state index in [0.29, 0.717) is 0 Å². The maximum Gasteiger partial charge on any atom is 0.145 e. The van der Waals surface area contributed by atoms with Crippen molar-refractivity contribution in [2.24, 2.45) is 0 Å². The number of benzene rings is 9. The predicted molar refractivity (Wildman–Crippen MR) is 228 cm³/mol. The normalized spacial score (nSPS) is 12.1. The second-order valence-corrected chi connectivity index (χ2v) is 15.1. The van der Waals surface area contributed by atoms with Crippen molar-refractivity contribution in [1.29, 1.82) is 0 Å². The highest BCUT2D eigenvalue weighted by Crippen LogP contribution is 2.45. The Bertz CT molecular complexity index is 2990. The molecule has 0 aliphatic heterocycles. The quantitative estimate of drug-likeness (QED) is 0.165. The summed E-state index contributed by atoms with van der Waals surface area (Å²) in [7, 11) is 0. The molecule has 0 atom stereocenters. The predicted octanol–water partition coefficient (Wildman–Crippen LogP) is 14.4. The molecule has 10 aromatic rings. The van der Waals surface area contributed by atoms with E-state index < -0.39 is 0 Å². The Hall–Kier alpha value is -6.25. The summed E-state index contributed by atoms with van der Waals surface area (Å²) in [5, 5.41) is 12.5. The molecule has 0 unspecified atom stereocenters. The molecule has 0 bridgehead atoms. The van der Waals surface area contributed by atoms with Gasteiger partial charge >= 0.3 is 0 Å². The monoisotopic (exact) mass is 680 g/mol. The average molecular weight is 681 g/mol. The van der Waals surface area contributed by atoms with E-state index in [2.05, 4.69) is 190 Å². The molecule has 0 spiro atoms. The van der Waals surface area contributed by atoms with Gasteiger partial charge in [0, 0.05) is 16.3 Å². The summed E-state index contributed by atoms with van der Waals surface area (Å²) in [5.74, 6) is 1.52. The van der Waals surface area contributed by atoms with Crippen LogP contribution in [0.2, 0.25) is 0 Å². The third-order valence-corrected chi connectivity index (χ3v) is 11.3. The Kier molecular flexibility index (Phi) is 7.23. The van der Waals surface area contributed by atoms with E-state index in [1.165, 1.54) is 81.8 Å². The summed E-state index contributed by atoms with van der Waals surface area (Å²) in [6.07, 6.45) is 0. The van der Waals surface area contributed by atoms with Crippen LogP contribution >= 0.6 is 0 Å². The topological polar surface area (TPSA) is 17.8 Å². The van der Waals surface area contributed by atoms with Crippen LogP contribution < -0.4 is 0 Å². The molecule has 2 nitrogen and oxygen atoms in total. The molecule has 0 N–H and O–H groups in total. The summed E-state index contributed by atoms with van der Waals surface area (Å²) in [6, 6.07) is 58.0. The summed E-state index contributed by atoms with van der Waals surface area (Å²) in [5.41, 5.74) is 9.70. The molecule has 254 valence electrons. The molecule has 2 heteroatoms. The zero-order valence-corrected chi connectivity index (χ0v) is 30.6. The molecular weight excluding hydrogens is 641 g/mol. The molecule has 0 saturated heterocycles. The number of nitrogens with zero attached hydrogens (tertiary/aromatic N) is 2. The van der Waals surface area contributed by atoms with Gasteiger partial charge < -0.3 is 0 Å². The minimum Gasteiger partial charge on any atom is -0.291 e. The van der Waals surface area contributed by atoms with Crippen molar-refractivity contribution in [3.05, 3.63) is 169 Å². The molecule has 0 radical (unpaired) electrons. The van der Waals surface area contributed by atoms with E-state index in [1.807, 2.05) is 0 Å². The lowest BCUT2D eigenvalue weighted by atomic mass is 9.88. The van der Waals surface area contributed by atoms with Gasteiger partial charge in [0.15, 0.2) is 0 Å². The number of rotatable bonds is 5. The second kappa shape index (κ2) is 12.2. The average Bonchev–Trinajstić information content (AvgIpc) is 3.61. The number of aromatic nitrogens is 2. The van der Waals surface area contributed by atoms with Gasteiger partial charge in [0.2, 0.25) is 0 Å². The second-order valence-electron chi connectivity index (χ2n) is 15.1. The SMILES string of the molecule is CC(C)c1cc(-c2ccccc2)cc(C(C)C)c1-n1c(-c2ccc3c4ccccc4c4ccccc4c3c2)nc2c3ccccc3c3ccccc3c21. The molecule has 0 fully saturated rings. The van der Waals surface area contributed by atoms with E-state index in [4.69, 9.17) is 4.98 Å². The molecule has 0 saturated carbocycles. The highest BCUT2D eigenvalue weighted by Gasteiger charge is 2.26. The minimum absolute atomic E-state index is 0.273. The zero-order valence-electron chi connectivity index (χ0n) is 30.6. The largest absolute Gasteiger partial charge is 0.291 e. The van der Waals surface area contributed by atoms with Gasteiger partial charge in [0.25, 0.3) is 0 Å². The standard InChI is InChI=1S/C51H40N2/c1-31(2)45-29-35(33-16-6-5-7-17-33)30-46(32(3)4)49(45)53-50-44-25-15-13-22-40(44)39-21-12-14-24-43(39)48(50)52-51(53)34-26-27-42-38-20-9-8-18-36(38)37-19-10-11-23-41(37)47(42)28-34/h5-32H,1-4H3. The molecule has 10 rings (SSSR count). The van der Waals surface area contributed by atoms with Crippen molar-refractivity contribution >= 4 is 64.9 Å². The van der Waals surface area contributed by atoms with Crippen molar-refractivity contribution in [3.8, 4) is 28.2 Å². The molecule has 53 heavy (non-hydrogen) atoms. The van der Waals surface area contributed by atoms with Crippen LogP contribution in [0.1, 0.15) is 50.7 Å². The molecule has 9 aromatic carbocycles. The lowest BCUT2D eigenvalue weighted by Crippen LogP contribution is -2.09. The van der Waals surface area contributed by atoms with E-state index in [-0.39, 0.29) is 11.8 Å². The third-order valence-electron chi connectivity index (χ3n) is 11.3. The van der Waals surface area contributed by atoms with Crippen LogP contribution in [0.25, 0.3) is 93.1 Å². The highest BCUT2D eigenvalue weighted by molar-refractivity contribution is 6.26. The fraction of sp³-hybridized carbons (Fsp3) is 0.118. The first-order valence-electron chi connectivity index (χ1n) is 18.9. The Morgan fingerprint density at radius 3 is 1.36 bits per heavy atom. The van der Waals surface area contributed by atoms with Crippen molar-refractivity contribution in [2.45, 2.75) is 39.5 Å². The lowest BCUT2D eigenvalue weighted by Gasteiger charge is -2.25. The molecule has 0 aliphatic rings. The van der Waals surface area contributed by atoms with Crippen molar-refractivity contribution in [2.75, 3.05) is 0 Å². The molecule has 0 amide bonds. The summed E-state index contributed by atoms with van der Waals surface area (Å²) in [4.78, 5) is 5.73. The van der Waals surface area contributed by atoms with E-state index in [1.54, 1.807) is 0 Å². The fourth-order valence-corrected chi connectivity index (χ4v) is 8.78. The number of fused-ring (bicyclic) bond motifs is 12. The van der Waals surface area contributed by atoms with E-state index >= 15 is 0 Å². The van der Waals surface area contributed by atoms with Crippen molar-refractivity contribution in [1.82, 2.24) is 9.55 Å². The lowest BCUT2D eigenvalue weighted by molar-refractivity contribution is 0.812. The summed E-state index contributed by atoms with van der Waals surface area (Å²) < 4.78 is 2.54. The Morgan fingerprint density at radius 2 is 0.811 bits per heavy atom. The molecule has 1 heterocycles. The Morgan fingerprint density at radius 1 is 0.377 bits per heavy atom. The number of hydrogen-bond donors (Lipinski definition) is 0. The van der Waals surface area contributed by atoms with E-state index in [9.17, 15) is 0 Å². The third kappa shape index (κ3) is 4.82. The Balaban J connectivity index is 1.40. The number of hydrogen-bond acceptors (Lipinski definition) is 1. The van der Waals surface area contributed by atoms with Gasteiger partial charge in [-0.2, -0.15) is 0 Å². The van der Waals surface area contributed by atoms with Crippen LogP contribution in [0, 0.1) is 0 Å². The van der Waals surface area contributed by atoms with Crippen molar-refractivity contribution in [3.63, 3.8) is 0 Å². The first kappa shape index (κ1) is 31.5. The van der Waals surface area contributed by atoms with Crippen LogP contribution in [0.4, 0.5) is 0 Å². The molecule has 1 aromatic heterocycles. The summed E-state index contributed by atoms with van der Waals surface area (Å²) in [6.45, 7) is 9.32. The van der Waals surface area contributed by atoms with Crippen LogP contribution in [0.15, 0.2) is 158 Å². The minimum atomic E-state index is 0.273. The maximum absolute atomic E-state index is 5.73. The smallest absolute Gasteiger partial charge is 0.145 e. The number of imidazole rings is 1. The highest BCUT2D eigenvalue weighted by atomic mass is 15.1. The van der Waals surface area contributed by atoms with Gasteiger partial charge in [-0.05, 0) is 95.4 Å². The zero-order chi connectivity index (χ0) is 35.8. The van der Waals surface area contributed by atoms with E-state index in [0.717, 1.165) is 22.4 Å².